The monoisotopic (exact) mass is 724 g/mol. The highest BCUT2D eigenvalue weighted by molar-refractivity contribution is 6.38. The molecule has 10 nitrogen and oxygen atoms in total. The van der Waals surface area contributed by atoms with E-state index in [2.05, 4.69) is 0 Å². The Bertz CT molecular complexity index is 2040. The van der Waals surface area contributed by atoms with Gasteiger partial charge in [-0.15, -0.1) is 0 Å². The summed E-state index contributed by atoms with van der Waals surface area (Å²) in [4.78, 5) is 53.7. The number of halogens is 8. The van der Waals surface area contributed by atoms with E-state index in [-0.39, 0.29) is 33.6 Å². The van der Waals surface area contributed by atoms with Crippen molar-refractivity contribution in [2.45, 2.75) is 17.8 Å². The van der Waals surface area contributed by atoms with E-state index in [0.29, 0.717) is 34.1 Å². The topological polar surface area (TPSA) is 167 Å². The van der Waals surface area contributed by atoms with Crippen LogP contribution in [0.2, 0.25) is 10.0 Å². The highest BCUT2D eigenvalue weighted by atomic mass is 35.5. The van der Waals surface area contributed by atoms with E-state index in [1.54, 1.807) is 0 Å². The molecule has 0 spiro atoms. The number of hydrogen-bond donors (Lipinski definition) is 4. The molecule has 0 fully saturated rings. The second kappa shape index (κ2) is 10.8. The minimum atomic E-state index is -6.21. The summed E-state index contributed by atoms with van der Waals surface area (Å²) in [5.41, 5.74) is -1.19. The van der Waals surface area contributed by atoms with Crippen molar-refractivity contribution < 1.29 is 55.7 Å². The van der Waals surface area contributed by atoms with Crippen LogP contribution in [-0.2, 0) is 5.41 Å². The average Bonchev–Trinajstić information content (AvgIpc) is 3.39. The molecule has 0 saturated carbocycles. The van der Waals surface area contributed by atoms with Crippen molar-refractivity contribution in [3.05, 3.63) is 104 Å². The molecule has 2 aliphatic heterocycles. The maximum Gasteiger partial charge on any atom is 0.411 e. The highest BCUT2D eigenvalue weighted by Crippen LogP contribution is 2.57. The Morgan fingerprint density at radius 1 is 0.531 bits per heavy atom. The first kappa shape index (κ1) is 33.4. The second-order valence-electron chi connectivity index (χ2n) is 10.9. The third-order valence-electron chi connectivity index (χ3n) is 8.16. The second-order valence-corrected chi connectivity index (χ2v) is 11.7. The first-order valence-electron chi connectivity index (χ1n) is 13.5. The van der Waals surface area contributed by atoms with Crippen LogP contribution in [0.25, 0.3) is 0 Å². The van der Waals surface area contributed by atoms with E-state index in [9.17, 15) is 29.4 Å². The van der Waals surface area contributed by atoms with Crippen molar-refractivity contribution in [1.29, 1.82) is 0 Å². The van der Waals surface area contributed by atoms with Crippen molar-refractivity contribution in [2.75, 3.05) is 21.3 Å². The van der Waals surface area contributed by atoms with Gasteiger partial charge >= 0.3 is 12.4 Å². The number of benzene rings is 4. The molecule has 2 heterocycles. The van der Waals surface area contributed by atoms with Gasteiger partial charge in [-0.3, -0.25) is 19.2 Å². The number of anilines is 4. The van der Waals surface area contributed by atoms with Gasteiger partial charge in [0.15, 0.2) is 0 Å². The smallest absolute Gasteiger partial charge is 0.411 e. The largest absolute Gasteiger partial charge is 0.506 e. The fourth-order valence-corrected chi connectivity index (χ4v) is 6.18. The lowest BCUT2D eigenvalue weighted by molar-refractivity contribution is -0.288. The van der Waals surface area contributed by atoms with Gasteiger partial charge in [0.05, 0.1) is 55.0 Å². The molecule has 6 N–H and O–H groups in total. The summed E-state index contributed by atoms with van der Waals surface area (Å²) >= 11 is 11.9. The third-order valence-corrected chi connectivity index (χ3v) is 8.81. The van der Waals surface area contributed by atoms with Gasteiger partial charge in [-0.05, 0) is 47.5 Å². The zero-order valence-corrected chi connectivity index (χ0v) is 25.4. The number of fused-ring (bicyclic) bond motifs is 2. The van der Waals surface area contributed by atoms with E-state index >= 15 is 26.3 Å². The summed E-state index contributed by atoms with van der Waals surface area (Å²) < 4.78 is 90.5. The fraction of sp³-hybridized carbons (Fsp3) is 0.0968. The summed E-state index contributed by atoms with van der Waals surface area (Å²) in [5, 5.41) is 20.2. The van der Waals surface area contributed by atoms with Crippen LogP contribution in [0.4, 0.5) is 49.1 Å². The number of nitrogens with two attached hydrogens (primary N) is 2. The van der Waals surface area contributed by atoms with Gasteiger partial charge < -0.3 is 21.7 Å². The maximum absolute atomic E-state index is 15.1. The molecule has 4 amide bonds. The number of alkyl halides is 6. The summed E-state index contributed by atoms with van der Waals surface area (Å²) in [7, 11) is 0. The summed E-state index contributed by atoms with van der Waals surface area (Å²) in [6, 6.07) is 5.96. The lowest BCUT2D eigenvalue weighted by atomic mass is 9.71. The number of nitrogen functional groups attached to an aromatic ring is 2. The molecule has 4 aromatic rings. The molecule has 252 valence electrons. The van der Waals surface area contributed by atoms with Gasteiger partial charge in [0, 0.05) is 12.1 Å². The maximum atomic E-state index is 15.1. The summed E-state index contributed by atoms with van der Waals surface area (Å²) in [6.45, 7) is 0. The number of hydrogen-bond acceptors (Lipinski definition) is 8. The van der Waals surface area contributed by atoms with Gasteiger partial charge in [-0.2, -0.15) is 26.3 Å². The number of imide groups is 2. The van der Waals surface area contributed by atoms with Crippen LogP contribution in [-0.4, -0.2) is 46.2 Å². The molecule has 0 unspecified atom stereocenters. The standard InChI is InChI=1S/C31H16Cl2F6N4O6/c32-17-7-21(23(44)9-19(17)40)42-25(46)13-3-1-11(5-15(13)27(42)48)29(30(34,35)36,31(37,38)39)12-2-4-14-16(6-12)28(49)43(26(14)47)22-8-18(33)20(41)10-24(22)45/h1-10,44-45H,40-41H2. The summed E-state index contributed by atoms with van der Waals surface area (Å²) in [6.07, 6.45) is -12.4. The predicted octanol–water partition coefficient (Wildman–Crippen LogP) is 6.58. The van der Waals surface area contributed by atoms with E-state index in [0.717, 1.165) is 24.3 Å². The van der Waals surface area contributed by atoms with Crippen LogP contribution >= 0.6 is 23.2 Å². The van der Waals surface area contributed by atoms with Crippen LogP contribution in [0.1, 0.15) is 52.6 Å². The molecule has 0 radical (unpaired) electrons. The van der Waals surface area contributed by atoms with E-state index < -0.39 is 97.7 Å². The average molecular weight is 725 g/mol. The number of nitrogens with zero attached hydrogens (tertiary/aromatic N) is 2. The van der Waals surface area contributed by atoms with Crippen LogP contribution in [0, 0.1) is 0 Å². The Morgan fingerprint density at radius 2 is 0.857 bits per heavy atom. The minimum Gasteiger partial charge on any atom is -0.506 e. The Kier molecular flexibility index (Phi) is 7.34. The number of phenols is 2. The lowest BCUT2D eigenvalue weighted by Crippen LogP contribution is -2.55. The lowest BCUT2D eigenvalue weighted by Gasteiger charge is -2.38. The Balaban J connectivity index is 1.52. The molecule has 0 atom stereocenters. The van der Waals surface area contributed by atoms with E-state index in [1.807, 2.05) is 0 Å². The quantitative estimate of drug-likeness (QED) is 0.104. The van der Waals surface area contributed by atoms with Gasteiger partial charge in [-0.1, -0.05) is 35.3 Å². The molecule has 18 heteroatoms. The Morgan fingerprint density at radius 3 is 1.18 bits per heavy atom. The van der Waals surface area contributed by atoms with Gasteiger partial charge in [0.2, 0.25) is 5.41 Å². The molecular formula is C31H16Cl2F6N4O6. The van der Waals surface area contributed by atoms with E-state index in [1.165, 1.54) is 0 Å². The van der Waals surface area contributed by atoms with Crippen LogP contribution in [0.15, 0.2) is 60.7 Å². The number of phenolic OH excluding ortho intramolecular Hbond substituents is 2. The van der Waals surface area contributed by atoms with Crippen molar-refractivity contribution in [1.82, 2.24) is 0 Å². The molecule has 0 aliphatic carbocycles. The van der Waals surface area contributed by atoms with E-state index in [4.69, 9.17) is 34.7 Å². The zero-order valence-electron chi connectivity index (χ0n) is 23.9. The van der Waals surface area contributed by atoms with Crippen molar-refractivity contribution in [3.63, 3.8) is 0 Å². The van der Waals surface area contributed by atoms with Gasteiger partial charge in [0.25, 0.3) is 23.6 Å². The molecule has 4 aromatic carbocycles. The van der Waals surface area contributed by atoms with Crippen molar-refractivity contribution >= 4 is 69.6 Å². The number of carbonyl (C=O) groups is 4. The van der Waals surface area contributed by atoms with Crippen LogP contribution in [0.5, 0.6) is 11.5 Å². The number of amides is 4. The Hall–Kier alpha value is -5.48. The molecule has 0 bridgehead atoms. The van der Waals surface area contributed by atoms with Crippen molar-refractivity contribution in [2.24, 2.45) is 0 Å². The molecule has 0 aromatic heterocycles. The van der Waals surface area contributed by atoms with Gasteiger partial charge in [0.1, 0.15) is 11.5 Å². The number of aromatic hydroxyl groups is 2. The fourth-order valence-electron chi connectivity index (χ4n) is 5.86. The summed E-state index contributed by atoms with van der Waals surface area (Å²) in [5.74, 6) is -6.64. The molecule has 2 aliphatic rings. The van der Waals surface area contributed by atoms with Crippen LogP contribution in [0.3, 0.4) is 0 Å². The predicted molar refractivity (Wildman–Crippen MR) is 163 cm³/mol. The zero-order chi connectivity index (χ0) is 36.1. The minimum absolute atomic E-state index is 0.159. The number of carbonyl (C=O) groups excluding carboxylic acids is 4. The molecule has 0 saturated heterocycles. The number of rotatable bonds is 4. The highest BCUT2D eigenvalue weighted by Gasteiger charge is 2.73. The first-order valence-corrected chi connectivity index (χ1v) is 14.2. The Labute approximate surface area is 279 Å². The molecule has 6 rings (SSSR count). The third kappa shape index (κ3) is 4.65. The normalized spacial score (nSPS) is 14.9. The SMILES string of the molecule is Nc1cc(O)c(N2C(=O)c3ccc(C(c4ccc5c(c4)C(=O)N(c4cc(Cl)c(N)cc4O)C5=O)(C(F)(F)F)C(F)(F)F)cc3C2=O)cc1Cl. The van der Waals surface area contributed by atoms with Gasteiger partial charge in [-0.25, -0.2) is 9.80 Å². The molecular weight excluding hydrogens is 709 g/mol. The molecule has 49 heavy (non-hydrogen) atoms. The van der Waals surface area contributed by atoms with Crippen molar-refractivity contribution in [3.8, 4) is 11.5 Å². The van der Waals surface area contributed by atoms with Crippen LogP contribution < -0.4 is 21.3 Å². The first-order chi connectivity index (χ1) is 22.7.